The number of hydrogen-bond donors (Lipinski definition) is 4. The van der Waals surface area contributed by atoms with Gasteiger partial charge in [0.1, 0.15) is 47.3 Å². The molecule has 2 heterocycles. The highest BCUT2D eigenvalue weighted by atomic mass is 35.5. The maximum Gasteiger partial charge on any atom is 0.403 e. The molecule has 14 nitrogen and oxygen atoms in total. The van der Waals surface area contributed by atoms with Crippen LogP contribution in [0.25, 0.3) is 0 Å². The van der Waals surface area contributed by atoms with Gasteiger partial charge in [-0.25, -0.2) is 4.39 Å². The van der Waals surface area contributed by atoms with Crippen molar-refractivity contribution in [2.24, 2.45) is 17.3 Å². The first-order chi connectivity index (χ1) is 29.9. The lowest BCUT2D eigenvalue weighted by Gasteiger charge is -2.44. The third-order valence-electron chi connectivity index (χ3n) is 13.3. The van der Waals surface area contributed by atoms with E-state index in [1.54, 1.807) is 39.0 Å². The number of carbonyl (C=O) groups is 7. The van der Waals surface area contributed by atoms with Gasteiger partial charge >= 0.3 is 6.18 Å². The molecule has 2 aliphatic heterocycles. The molecule has 7 amide bonds. The van der Waals surface area contributed by atoms with Gasteiger partial charge in [-0.3, -0.25) is 33.6 Å². The van der Waals surface area contributed by atoms with Gasteiger partial charge in [0.05, 0.1) is 6.54 Å². The summed E-state index contributed by atoms with van der Waals surface area (Å²) in [7, 11) is 1.45. The SMILES string of the molecule is CCN(C(=O)[C@@H](NC(=O)[C@@H]1C[C@@H](F)CN1C(=O)C1(C(F)(F)F)CCC1)C1CC1)[C@H]1CCCCNC(=O)C(C)(C)NC(=O)[C@H](Cc2cc(Cl)ccc2C)N(C)C(=O)[C@H](CC(C)C)NC1=O. The van der Waals surface area contributed by atoms with Crippen molar-refractivity contribution in [1.29, 1.82) is 0 Å². The fourth-order valence-electron chi connectivity index (χ4n) is 9.05. The minimum atomic E-state index is -4.89. The van der Waals surface area contributed by atoms with E-state index in [1.165, 1.54) is 16.8 Å². The Kier molecular flexibility index (Phi) is 16.1. The third kappa shape index (κ3) is 11.3. The van der Waals surface area contributed by atoms with E-state index in [-0.39, 0.29) is 44.7 Å². The van der Waals surface area contributed by atoms with E-state index < -0.39 is 127 Å². The van der Waals surface area contributed by atoms with Crippen LogP contribution in [-0.4, -0.2) is 131 Å². The fraction of sp³-hybridized carbons (Fsp3) is 0.711. The summed E-state index contributed by atoms with van der Waals surface area (Å²) in [6.07, 6.45) is -5.98. The van der Waals surface area contributed by atoms with Crippen molar-refractivity contribution in [1.82, 2.24) is 36.0 Å². The Balaban J connectivity index is 1.44. The molecule has 0 spiro atoms. The number of hydrogen-bond acceptors (Lipinski definition) is 7. The van der Waals surface area contributed by atoms with Crippen molar-refractivity contribution in [3.05, 3.63) is 34.3 Å². The first-order valence-electron chi connectivity index (χ1n) is 22.5. The molecule has 356 valence electrons. The molecular weight excluding hydrogens is 862 g/mol. The number of likely N-dealkylation sites (tertiary alicyclic amines) is 1. The van der Waals surface area contributed by atoms with Crippen LogP contribution in [0.4, 0.5) is 17.6 Å². The zero-order chi connectivity index (χ0) is 47.5. The van der Waals surface area contributed by atoms with E-state index in [0.29, 0.717) is 41.2 Å². The van der Waals surface area contributed by atoms with Gasteiger partial charge in [0.15, 0.2) is 0 Å². The number of alkyl halides is 4. The molecule has 6 atom stereocenters. The Morgan fingerprint density at radius 3 is 2.27 bits per heavy atom. The molecule has 64 heavy (non-hydrogen) atoms. The van der Waals surface area contributed by atoms with Crippen LogP contribution < -0.4 is 21.3 Å². The smallest absolute Gasteiger partial charge is 0.354 e. The highest BCUT2D eigenvalue weighted by molar-refractivity contribution is 6.30. The predicted molar refractivity (Wildman–Crippen MR) is 230 cm³/mol. The Bertz CT molecular complexity index is 1940. The molecule has 0 radical (unpaired) electrons. The van der Waals surface area contributed by atoms with Crippen molar-refractivity contribution in [2.75, 3.05) is 26.7 Å². The first-order valence-corrected chi connectivity index (χ1v) is 22.8. The van der Waals surface area contributed by atoms with Crippen LogP contribution >= 0.6 is 11.6 Å². The molecule has 2 saturated carbocycles. The highest BCUT2D eigenvalue weighted by Gasteiger charge is 2.66. The molecule has 2 saturated heterocycles. The molecule has 0 bridgehead atoms. The largest absolute Gasteiger partial charge is 0.403 e. The van der Waals surface area contributed by atoms with Crippen molar-refractivity contribution in [3.63, 3.8) is 0 Å². The molecule has 1 aromatic carbocycles. The zero-order valence-electron chi connectivity index (χ0n) is 37.8. The van der Waals surface area contributed by atoms with Gasteiger partial charge in [-0.1, -0.05) is 37.9 Å². The van der Waals surface area contributed by atoms with Gasteiger partial charge < -0.3 is 36.0 Å². The quantitative estimate of drug-likeness (QED) is 0.236. The second-order valence-corrected chi connectivity index (χ2v) is 19.4. The maximum atomic E-state index is 14.9. The zero-order valence-corrected chi connectivity index (χ0v) is 38.6. The topological polar surface area (TPSA) is 177 Å². The number of nitrogens with one attached hydrogen (secondary N) is 4. The van der Waals surface area contributed by atoms with Crippen LogP contribution in [0.1, 0.15) is 110 Å². The van der Waals surface area contributed by atoms with Gasteiger partial charge in [0.25, 0.3) is 0 Å². The summed E-state index contributed by atoms with van der Waals surface area (Å²) < 4.78 is 57.5. The molecule has 5 rings (SSSR count). The summed E-state index contributed by atoms with van der Waals surface area (Å²) in [6, 6.07) is -1.14. The lowest BCUT2D eigenvalue weighted by molar-refractivity contribution is -0.248. The average Bonchev–Trinajstić information content (AvgIpc) is 3.96. The van der Waals surface area contributed by atoms with Crippen LogP contribution in [0.3, 0.4) is 0 Å². The maximum absolute atomic E-state index is 14.9. The van der Waals surface area contributed by atoms with Gasteiger partial charge in [-0.05, 0) is 114 Å². The second kappa shape index (κ2) is 20.4. The lowest BCUT2D eigenvalue weighted by Crippen LogP contribution is -2.63. The van der Waals surface area contributed by atoms with Gasteiger partial charge in [0, 0.05) is 38.0 Å². The molecule has 4 fully saturated rings. The number of aryl methyl sites for hydroxylation is 1. The van der Waals surface area contributed by atoms with Crippen LogP contribution in [-0.2, 0) is 40.0 Å². The fourth-order valence-corrected chi connectivity index (χ4v) is 9.24. The number of carbonyl (C=O) groups excluding carboxylic acids is 7. The third-order valence-corrected chi connectivity index (χ3v) is 13.5. The van der Waals surface area contributed by atoms with E-state index in [1.807, 2.05) is 20.8 Å². The van der Waals surface area contributed by atoms with Crippen LogP contribution in [0.2, 0.25) is 5.02 Å². The minimum Gasteiger partial charge on any atom is -0.354 e. The van der Waals surface area contributed by atoms with E-state index in [0.717, 1.165) is 5.56 Å². The Labute approximate surface area is 377 Å². The molecule has 4 N–H and O–H groups in total. The van der Waals surface area contributed by atoms with E-state index >= 15 is 0 Å². The summed E-state index contributed by atoms with van der Waals surface area (Å²) >= 11 is 6.34. The highest BCUT2D eigenvalue weighted by Crippen LogP contribution is 2.54. The summed E-state index contributed by atoms with van der Waals surface area (Å²) in [5.74, 6) is -5.83. The van der Waals surface area contributed by atoms with E-state index in [4.69, 9.17) is 11.6 Å². The average molecular weight is 926 g/mol. The number of nitrogens with zero attached hydrogens (tertiary/aromatic N) is 3. The van der Waals surface area contributed by atoms with Gasteiger partial charge in [-0.15, -0.1) is 0 Å². The van der Waals surface area contributed by atoms with Crippen molar-refractivity contribution >= 4 is 53.0 Å². The summed E-state index contributed by atoms with van der Waals surface area (Å²) in [5.41, 5.74) is -2.59. The Hall–Kier alpha value is -4.48. The first kappa shape index (κ1) is 50.5. The minimum absolute atomic E-state index is 0.0253. The predicted octanol–water partition coefficient (Wildman–Crippen LogP) is 4.53. The van der Waals surface area contributed by atoms with E-state index in [2.05, 4.69) is 21.3 Å². The van der Waals surface area contributed by atoms with Crippen molar-refractivity contribution in [3.8, 4) is 0 Å². The van der Waals surface area contributed by atoms with E-state index in [9.17, 15) is 51.1 Å². The van der Waals surface area contributed by atoms with Crippen LogP contribution in [0.15, 0.2) is 18.2 Å². The lowest BCUT2D eigenvalue weighted by atomic mass is 9.67. The van der Waals surface area contributed by atoms with Crippen LogP contribution in [0.5, 0.6) is 0 Å². The number of amides is 7. The Morgan fingerprint density at radius 1 is 1.02 bits per heavy atom. The monoisotopic (exact) mass is 925 g/mol. The standard InChI is InChI=1S/C45H64ClF4N7O7/c1-8-56(40(62)35(27-14-15-27)53-37(59)34-23-30(47)24-57(34)42(64)44(17-11-18-44)45(48,49)50)32-12-9-10-19-51-41(63)43(5,6)54-38(60)33(22-28-21-29(46)16-13-26(28)4)55(7)39(61)31(20-25(2)3)52-36(32)58/h13,16,21,25,27,30-35H,8-12,14-15,17-20,22-24H2,1-7H3,(H,51,63)(H,52,58)(H,53,59)(H,54,60)/t30-,31+,32+,33+,34+,35+/m1/s1. The molecule has 2 aliphatic carbocycles. The second-order valence-electron chi connectivity index (χ2n) is 19.0. The molecular formula is C45H64ClF4N7O7. The molecule has 19 heteroatoms. The van der Waals surface area contributed by atoms with Crippen molar-refractivity contribution in [2.45, 2.75) is 160 Å². The normalized spacial score (nSPS) is 26.4. The van der Waals surface area contributed by atoms with Crippen LogP contribution in [0, 0.1) is 24.2 Å². The summed E-state index contributed by atoms with van der Waals surface area (Å²) in [4.78, 5) is 102. The van der Waals surface area contributed by atoms with Gasteiger partial charge in [-0.2, -0.15) is 13.2 Å². The number of rotatable bonds is 11. The number of benzene rings is 1. The molecule has 4 aliphatic rings. The number of likely N-dealkylation sites (N-methyl/N-ethyl adjacent to an activating group) is 2. The van der Waals surface area contributed by atoms with Gasteiger partial charge in [0.2, 0.25) is 41.4 Å². The number of halogens is 5. The molecule has 0 aromatic heterocycles. The molecule has 0 unspecified atom stereocenters. The Morgan fingerprint density at radius 2 is 1.69 bits per heavy atom. The van der Waals surface area contributed by atoms with Crippen molar-refractivity contribution < 1.29 is 51.1 Å². The summed E-state index contributed by atoms with van der Waals surface area (Å²) in [5, 5.41) is 11.6. The molecule has 1 aromatic rings. The summed E-state index contributed by atoms with van der Waals surface area (Å²) in [6.45, 7) is 9.76.